The predicted octanol–water partition coefficient (Wildman–Crippen LogP) is 4.30. The summed E-state index contributed by atoms with van der Waals surface area (Å²) in [5.74, 6) is 0.652. The number of anilines is 3. The number of aryl methyl sites for hydroxylation is 2. The van der Waals surface area contributed by atoms with Crippen LogP contribution in [0.2, 0.25) is 0 Å². The molecule has 0 fully saturated rings. The van der Waals surface area contributed by atoms with Crippen LogP contribution < -0.4 is 10.0 Å². The molecule has 24 heavy (non-hydrogen) atoms. The molecule has 0 aliphatic carbocycles. The van der Waals surface area contributed by atoms with Crippen LogP contribution in [0.25, 0.3) is 0 Å². The maximum atomic E-state index is 12.3. The van der Waals surface area contributed by atoms with E-state index in [1.165, 1.54) is 17.5 Å². The lowest BCUT2D eigenvalue weighted by atomic mass is 10.2. The number of hydrogen-bond donors (Lipinski definition) is 2. The Morgan fingerprint density at radius 1 is 1.00 bits per heavy atom. The normalized spacial score (nSPS) is 11.2. The van der Waals surface area contributed by atoms with Gasteiger partial charge in [-0.2, -0.15) is 0 Å². The lowest BCUT2D eigenvalue weighted by molar-refractivity contribution is 0.603. The van der Waals surface area contributed by atoms with Crippen LogP contribution in [0.15, 0.2) is 58.9 Å². The fraction of sp³-hybridized carbons (Fsp3) is 0.118. The molecule has 3 aromatic rings. The van der Waals surface area contributed by atoms with Gasteiger partial charge in [-0.25, -0.2) is 13.4 Å². The Labute approximate surface area is 145 Å². The van der Waals surface area contributed by atoms with Gasteiger partial charge in [0.1, 0.15) is 10.0 Å². The SMILES string of the molecule is Cc1ccc(S(=O)(=O)Nc2ccc(Nc3ccccc3C)nc2)s1. The molecular formula is C17H17N3O2S2. The summed E-state index contributed by atoms with van der Waals surface area (Å²) in [5, 5.41) is 3.21. The Kier molecular flexibility index (Phi) is 4.55. The van der Waals surface area contributed by atoms with E-state index in [0.717, 1.165) is 16.1 Å². The minimum absolute atomic E-state index is 0.294. The van der Waals surface area contributed by atoms with E-state index in [4.69, 9.17) is 0 Å². The number of pyridine rings is 1. The lowest BCUT2D eigenvalue weighted by Crippen LogP contribution is -2.11. The zero-order valence-corrected chi connectivity index (χ0v) is 14.9. The van der Waals surface area contributed by atoms with Gasteiger partial charge in [0.25, 0.3) is 10.0 Å². The summed E-state index contributed by atoms with van der Waals surface area (Å²) in [6, 6.07) is 14.7. The van der Waals surface area contributed by atoms with Gasteiger partial charge in [0.15, 0.2) is 0 Å². The van der Waals surface area contributed by atoms with E-state index < -0.39 is 10.0 Å². The van der Waals surface area contributed by atoms with Gasteiger partial charge < -0.3 is 5.32 Å². The summed E-state index contributed by atoms with van der Waals surface area (Å²) in [4.78, 5) is 5.21. The first-order valence-corrected chi connectivity index (χ1v) is 9.62. The highest BCUT2D eigenvalue weighted by Gasteiger charge is 2.16. The highest BCUT2D eigenvalue weighted by atomic mass is 32.2. The van der Waals surface area contributed by atoms with Gasteiger partial charge in [-0.15, -0.1) is 11.3 Å². The quantitative estimate of drug-likeness (QED) is 0.712. The molecule has 0 spiro atoms. The molecule has 0 bridgehead atoms. The van der Waals surface area contributed by atoms with E-state index in [0.29, 0.717) is 15.7 Å². The highest BCUT2D eigenvalue weighted by Crippen LogP contribution is 2.24. The molecule has 0 saturated carbocycles. The Morgan fingerprint density at radius 2 is 1.79 bits per heavy atom. The summed E-state index contributed by atoms with van der Waals surface area (Å²) < 4.78 is 27.4. The van der Waals surface area contributed by atoms with Gasteiger partial charge in [-0.05, 0) is 49.7 Å². The van der Waals surface area contributed by atoms with Crippen LogP contribution in [-0.2, 0) is 10.0 Å². The van der Waals surface area contributed by atoms with Crippen molar-refractivity contribution in [3.05, 3.63) is 65.2 Å². The Bertz CT molecular complexity index is 948. The monoisotopic (exact) mass is 359 g/mol. The third-order valence-electron chi connectivity index (χ3n) is 3.40. The number of para-hydroxylation sites is 1. The van der Waals surface area contributed by atoms with Crippen molar-refractivity contribution in [3.63, 3.8) is 0 Å². The molecular weight excluding hydrogens is 342 g/mol. The van der Waals surface area contributed by atoms with E-state index in [1.54, 1.807) is 24.3 Å². The second-order valence-corrected chi connectivity index (χ2v) is 8.54. The first kappa shape index (κ1) is 16.5. The summed E-state index contributed by atoms with van der Waals surface area (Å²) in [7, 11) is -3.56. The van der Waals surface area contributed by atoms with Crippen molar-refractivity contribution in [2.45, 2.75) is 18.1 Å². The van der Waals surface area contributed by atoms with Gasteiger partial charge in [0.05, 0.1) is 11.9 Å². The van der Waals surface area contributed by atoms with Gasteiger partial charge in [0.2, 0.25) is 0 Å². The molecule has 2 aromatic heterocycles. The molecule has 0 radical (unpaired) electrons. The number of sulfonamides is 1. The number of thiophene rings is 1. The highest BCUT2D eigenvalue weighted by molar-refractivity contribution is 7.94. The number of nitrogens with one attached hydrogen (secondary N) is 2. The molecule has 0 aliphatic rings. The maximum absolute atomic E-state index is 12.3. The lowest BCUT2D eigenvalue weighted by Gasteiger charge is -2.10. The van der Waals surface area contributed by atoms with Crippen LogP contribution >= 0.6 is 11.3 Å². The van der Waals surface area contributed by atoms with Crippen LogP contribution in [0.5, 0.6) is 0 Å². The second kappa shape index (κ2) is 6.62. The molecule has 0 saturated heterocycles. The van der Waals surface area contributed by atoms with Crippen LogP contribution in [-0.4, -0.2) is 13.4 Å². The molecule has 2 N–H and O–H groups in total. The van der Waals surface area contributed by atoms with Gasteiger partial charge in [-0.3, -0.25) is 4.72 Å². The maximum Gasteiger partial charge on any atom is 0.271 e. The van der Waals surface area contributed by atoms with Crippen molar-refractivity contribution in [2.75, 3.05) is 10.0 Å². The topological polar surface area (TPSA) is 71.1 Å². The summed E-state index contributed by atoms with van der Waals surface area (Å²) in [5.41, 5.74) is 2.50. The van der Waals surface area contributed by atoms with Crippen molar-refractivity contribution in [1.29, 1.82) is 0 Å². The molecule has 7 heteroatoms. The molecule has 124 valence electrons. The first-order valence-electron chi connectivity index (χ1n) is 7.32. The molecule has 1 aromatic carbocycles. The molecule has 2 heterocycles. The molecule has 0 aliphatic heterocycles. The van der Waals surface area contributed by atoms with Crippen LogP contribution in [0.4, 0.5) is 17.2 Å². The standard InChI is InChI=1S/C17H17N3O2S2/c1-12-5-3-4-6-15(12)19-16-9-8-14(11-18-16)20-24(21,22)17-10-7-13(2)23-17/h3-11,20H,1-2H3,(H,18,19). The van der Waals surface area contributed by atoms with E-state index in [9.17, 15) is 8.42 Å². The average molecular weight is 359 g/mol. The Balaban J connectivity index is 1.74. The van der Waals surface area contributed by atoms with Crippen LogP contribution in [0.3, 0.4) is 0 Å². The summed E-state index contributed by atoms with van der Waals surface area (Å²) >= 11 is 1.24. The third kappa shape index (κ3) is 3.74. The Morgan fingerprint density at radius 3 is 2.42 bits per heavy atom. The number of aromatic nitrogens is 1. The number of benzene rings is 1. The van der Waals surface area contributed by atoms with Gasteiger partial charge in [0, 0.05) is 10.6 Å². The zero-order chi connectivity index (χ0) is 17.2. The van der Waals surface area contributed by atoms with E-state index in [2.05, 4.69) is 15.0 Å². The molecule has 0 atom stereocenters. The van der Waals surface area contributed by atoms with E-state index in [-0.39, 0.29) is 0 Å². The minimum Gasteiger partial charge on any atom is -0.340 e. The second-order valence-electron chi connectivity index (χ2n) is 5.34. The first-order chi connectivity index (χ1) is 11.4. The van der Waals surface area contributed by atoms with Crippen molar-refractivity contribution in [2.24, 2.45) is 0 Å². The predicted molar refractivity (Wildman–Crippen MR) is 98.6 cm³/mol. The fourth-order valence-corrected chi connectivity index (χ4v) is 4.47. The average Bonchev–Trinajstić information content (AvgIpc) is 2.99. The van der Waals surface area contributed by atoms with Gasteiger partial charge in [-0.1, -0.05) is 18.2 Å². The van der Waals surface area contributed by atoms with Crippen LogP contribution in [0.1, 0.15) is 10.4 Å². The van der Waals surface area contributed by atoms with Crippen molar-refractivity contribution >= 4 is 38.6 Å². The van der Waals surface area contributed by atoms with Crippen LogP contribution in [0, 0.1) is 13.8 Å². The summed E-state index contributed by atoms with van der Waals surface area (Å²) in [6.45, 7) is 3.88. The fourth-order valence-electron chi connectivity index (χ4n) is 2.14. The van der Waals surface area contributed by atoms with E-state index in [1.807, 2.05) is 38.1 Å². The third-order valence-corrected chi connectivity index (χ3v) is 6.28. The van der Waals surface area contributed by atoms with Crippen molar-refractivity contribution in [3.8, 4) is 0 Å². The molecule has 0 amide bonds. The number of hydrogen-bond acceptors (Lipinski definition) is 5. The van der Waals surface area contributed by atoms with Crippen molar-refractivity contribution < 1.29 is 8.42 Å². The molecule has 5 nitrogen and oxygen atoms in total. The molecule has 3 rings (SSSR count). The summed E-state index contributed by atoms with van der Waals surface area (Å²) in [6.07, 6.45) is 1.50. The largest absolute Gasteiger partial charge is 0.340 e. The number of rotatable bonds is 5. The Hall–Kier alpha value is -2.38. The molecule has 0 unspecified atom stereocenters. The van der Waals surface area contributed by atoms with Gasteiger partial charge >= 0.3 is 0 Å². The minimum atomic E-state index is -3.56. The van der Waals surface area contributed by atoms with Crippen molar-refractivity contribution in [1.82, 2.24) is 4.98 Å². The number of nitrogens with zero attached hydrogens (tertiary/aromatic N) is 1. The zero-order valence-electron chi connectivity index (χ0n) is 13.3. The smallest absolute Gasteiger partial charge is 0.271 e. The van der Waals surface area contributed by atoms with E-state index >= 15 is 0 Å².